The second-order valence-electron chi connectivity index (χ2n) is 4.17. The molecule has 2 aromatic heterocycles. The summed E-state index contributed by atoms with van der Waals surface area (Å²) in [5.74, 6) is -1.28. The molecule has 2 heterocycles. The molecule has 6 nitrogen and oxygen atoms in total. The Morgan fingerprint density at radius 2 is 2.30 bits per heavy atom. The van der Waals surface area contributed by atoms with Crippen LogP contribution in [-0.2, 0) is 24.3 Å². The SMILES string of the molecule is CCc1cnc(CNC(=O)c2cccn2CC(=O)O)s1. The van der Waals surface area contributed by atoms with Gasteiger partial charge in [0.25, 0.3) is 5.91 Å². The van der Waals surface area contributed by atoms with Crippen LogP contribution in [0.15, 0.2) is 24.5 Å². The minimum atomic E-state index is -0.984. The van der Waals surface area contributed by atoms with Gasteiger partial charge in [0.2, 0.25) is 0 Å². The minimum absolute atomic E-state index is 0.229. The topological polar surface area (TPSA) is 84.2 Å². The Morgan fingerprint density at radius 3 is 2.95 bits per heavy atom. The average Bonchev–Trinajstić information content (AvgIpc) is 3.04. The van der Waals surface area contributed by atoms with E-state index in [0.29, 0.717) is 12.2 Å². The molecule has 0 saturated carbocycles. The number of nitrogens with one attached hydrogen (secondary N) is 1. The van der Waals surface area contributed by atoms with E-state index in [2.05, 4.69) is 17.2 Å². The molecule has 0 bridgehead atoms. The fourth-order valence-corrected chi connectivity index (χ4v) is 2.55. The molecule has 0 saturated heterocycles. The zero-order valence-corrected chi connectivity index (χ0v) is 11.8. The van der Waals surface area contributed by atoms with Crippen molar-refractivity contribution < 1.29 is 14.7 Å². The van der Waals surface area contributed by atoms with Crippen LogP contribution in [0, 0.1) is 0 Å². The van der Waals surface area contributed by atoms with Crippen LogP contribution in [0.2, 0.25) is 0 Å². The zero-order valence-electron chi connectivity index (χ0n) is 11.0. The van der Waals surface area contributed by atoms with Crippen molar-refractivity contribution in [3.8, 4) is 0 Å². The molecule has 0 aliphatic heterocycles. The fourth-order valence-electron chi connectivity index (χ4n) is 1.74. The van der Waals surface area contributed by atoms with Gasteiger partial charge in [0, 0.05) is 17.3 Å². The van der Waals surface area contributed by atoms with Gasteiger partial charge in [-0.3, -0.25) is 9.59 Å². The van der Waals surface area contributed by atoms with E-state index in [1.54, 1.807) is 35.9 Å². The number of hydrogen-bond acceptors (Lipinski definition) is 4. The molecule has 1 amide bonds. The lowest BCUT2D eigenvalue weighted by molar-refractivity contribution is -0.137. The zero-order chi connectivity index (χ0) is 14.5. The Balaban J connectivity index is 1.98. The monoisotopic (exact) mass is 293 g/mol. The minimum Gasteiger partial charge on any atom is -0.480 e. The van der Waals surface area contributed by atoms with Crippen LogP contribution >= 0.6 is 11.3 Å². The van der Waals surface area contributed by atoms with Crippen molar-refractivity contribution in [3.05, 3.63) is 40.1 Å². The molecule has 0 atom stereocenters. The quantitative estimate of drug-likeness (QED) is 0.845. The number of carboxylic acid groups (broad SMARTS) is 1. The van der Waals surface area contributed by atoms with Crippen LogP contribution in [-0.4, -0.2) is 26.5 Å². The van der Waals surface area contributed by atoms with Gasteiger partial charge in [0.05, 0.1) is 6.54 Å². The summed E-state index contributed by atoms with van der Waals surface area (Å²) >= 11 is 1.56. The van der Waals surface area contributed by atoms with Gasteiger partial charge in [0.15, 0.2) is 0 Å². The van der Waals surface area contributed by atoms with Crippen molar-refractivity contribution in [1.29, 1.82) is 0 Å². The molecule has 2 rings (SSSR count). The van der Waals surface area contributed by atoms with Crippen LogP contribution in [0.3, 0.4) is 0 Å². The first-order valence-corrected chi connectivity index (χ1v) is 7.00. The van der Waals surface area contributed by atoms with Crippen LogP contribution < -0.4 is 5.32 Å². The number of amides is 1. The van der Waals surface area contributed by atoms with E-state index in [1.165, 1.54) is 9.44 Å². The van der Waals surface area contributed by atoms with E-state index < -0.39 is 5.97 Å². The van der Waals surface area contributed by atoms with Crippen LogP contribution in [0.1, 0.15) is 27.3 Å². The largest absolute Gasteiger partial charge is 0.480 e. The number of thiazole rings is 1. The molecule has 2 N–H and O–H groups in total. The molecule has 7 heteroatoms. The molecule has 106 valence electrons. The Kier molecular flexibility index (Phi) is 4.52. The molecule has 0 spiro atoms. The Bertz CT molecular complexity index is 618. The number of carboxylic acids is 1. The second-order valence-corrected chi connectivity index (χ2v) is 5.37. The molecule has 0 unspecified atom stereocenters. The molecule has 0 fully saturated rings. The number of hydrogen-bond donors (Lipinski definition) is 2. The van der Waals surface area contributed by atoms with E-state index in [-0.39, 0.29) is 12.5 Å². The summed E-state index contributed by atoms with van der Waals surface area (Å²) in [6.45, 7) is 2.17. The third-order valence-corrected chi connectivity index (χ3v) is 3.86. The molecular weight excluding hydrogens is 278 g/mol. The second kappa shape index (κ2) is 6.33. The maximum atomic E-state index is 12.0. The van der Waals surface area contributed by atoms with E-state index >= 15 is 0 Å². The van der Waals surface area contributed by atoms with Crippen molar-refractivity contribution in [2.45, 2.75) is 26.4 Å². The number of aryl methyl sites for hydroxylation is 1. The summed E-state index contributed by atoms with van der Waals surface area (Å²) in [7, 11) is 0. The molecule has 0 aliphatic rings. The molecular formula is C13H15N3O3S. The summed E-state index contributed by atoms with van der Waals surface area (Å²) in [4.78, 5) is 28.1. The Morgan fingerprint density at radius 1 is 1.50 bits per heavy atom. The van der Waals surface area contributed by atoms with Gasteiger partial charge in [0.1, 0.15) is 17.2 Å². The van der Waals surface area contributed by atoms with Crippen LogP contribution in [0.25, 0.3) is 0 Å². The number of aliphatic carboxylic acids is 1. The first-order chi connectivity index (χ1) is 9.60. The number of rotatable bonds is 6. The molecule has 0 radical (unpaired) electrons. The Labute approximate surface area is 120 Å². The fraction of sp³-hybridized carbons (Fsp3) is 0.308. The highest BCUT2D eigenvalue weighted by molar-refractivity contribution is 7.11. The van der Waals surface area contributed by atoms with E-state index in [4.69, 9.17) is 5.11 Å². The van der Waals surface area contributed by atoms with Gasteiger partial charge >= 0.3 is 5.97 Å². The summed E-state index contributed by atoms with van der Waals surface area (Å²) in [5, 5.41) is 12.4. The molecule has 0 aromatic carbocycles. The van der Waals surface area contributed by atoms with Gasteiger partial charge in [-0.1, -0.05) is 6.92 Å². The number of carbonyl (C=O) groups is 2. The third kappa shape index (κ3) is 3.45. The summed E-state index contributed by atoms with van der Waals surface area (Å²) in [5.41, 5.74) is 0.333. The van der Waals surface area contributed by atoms with Crippen molar-refractivity contribution in [2.75, 3.05) is 0 Å². The number of carbonyl (C=O) groups excluding carboxylic acids is 1. The van der Waals surface area contributed by atoms with Crippen molar-refractivity contribution in [1.82, 2.24) is 14.9 Å². The summed E-state index contributed by atoms with van der Waals surface area (Å²) in [6.07, 6.45) is 4.30. The Hall–Kier alpha value is -2.15. The standard InChI is InChI=1S/C13H15N3O3S/c1-2-9-6-14-11(20-9)7-15-13(19)10-4-3-5-16(10)8-12(17)18/h3-6H,2,7-8H2,1H3,(H,15,19)(H,17,18). The normalized spacial score (nSPS) is 10.4. The summed E-state index contributed by atoms with van der Waals surface area (Å²) in [6, 6.07) is 3.24. The van der Waals surface area contributed by atoms with Crippen molar-refractivity contribution >= 4 is 23.2 Å². The van der Waals surface area contributed by atoms with Gasteiger partial charge in [-0.05, 0) is 18.6 Å². The van der Waals surface area contributed by atoms with Gasteiger partial charge in [-0.15, -0.1) is 11.3 Å². The maximum Gasteiger partial charge on any atom is 0.323 e. The van der Waals surface area contributed by atoms with E-state index in [9.17, 15) is 9.59 Å². The van der Waals surface area contributed by atoms with E-state index in [1.807, 2.05) is 0 Å². The smallest absolute Gasteiger partial charge is 0.323 e. The predicted octanol–water partition coefficient (Wildman–Crippen LogP) is 1.52. The van der Waals surface area contributed by atoms with Gasteiger partial charge in [-0.2, -0.15) is 0 Å². The third-order valence-electron chi connectivity index (χ3n) is 2.72. The highest BCUT2D eigenvalue weighted by Crippen LogP contribution is 2.13. The van der Waals surface area contributed by atoms with Gasteiger partial charge < -0.3 is 15.0 Å². The average molecular weight is 293 g/mol. The number of nitrogens with zero attached hydrogens (tertiary/aromatic N) is 2. The summed E-state index contributed by atoms with van der Waals surface area (Å²) < 4.78 is 1.40. The predicted molar refractivity (Wildman–Crippen MR) is 74.7 cm³/mol. The maximum absolute atomic E-state index is 12.0. The highest BCUT2D eigenvalue weighted by Gasteiger charge is 2.13. The lowest BCUT2D eigenvalue weighted by Crippen LogP contribution is -2.26. The first kappa shape index (κ1) is 14.3. The lowest BCUT2D eigenvalue weighted by atomic mass is 10.4. The van der Waals surface area contributed by atoms with Gasteiger partial charge in [-0.25, -0.2) is 4.98 Å². The van der Waals surface area contributed by atoms with Crippen LogP contribution in [0.4, 0.5) is 0 Å². The molecule has 20 heavy (non-hydrogen) atoms. The lowest BCUT2D eigenvalue weighted by Gasteiger charge is -2.06. The molecule has 2 aromatic rings. The highest BCUT2D eigenvalue weighted by atomic mass is 32.1. The van der Waals surface area contributed by atoms with E-state index in [0.717, 1.165) is 11.4 Å². The molecule has 0 aliphatic carbocycles. The van der Waals surface area contributed by atoms with Crippen LogP contribution in [0.5, 0.6) is 0 Å². The van der Waals surface area contributed by atoms with Crippen molar-refractivity contribution in [2.24, 2.45) is 0 Å². The number of aromatic nitrogens is 2. The van der Waals surface area contributed by atoms with Crippen molar-refractivity contribution in [3.63, 3.8) is 0 Å². The first-order valence-electron chi connectivity index (χ1n) is 6.19.